The van der Waals surface area contributed by atoms with E-state index in [1.165, 1.54) is 0 Å². The minimum absolute atomic E-state index is 0.0434. The number of carbonyl (C=O) groups is 2. The number of esters is 1. The highest BCUT2D eigenvalue weighted by Crippen LogP contribution is 2.61. The summed E-state index contributed by atoms with van der Waals surface area (Å²) in [6.45, 7) is 36.8. The maximum absolute atomic E-state index is 14.2. The number of rotatable bonds is 19. The molecule has 1 N–H and O–H groups in total. The molecule has 0 aromatic carbocycles. The summed E-state index contributed by atoms with van der Waals surface area (Å²) >= 11 is 4.37. The Morgan fingerprint density at radius 1 is 0.805 bits per heavy atom. The molecular weight excluding hydrogens is 530 g/mol. The summed E-state index contributed by atoms with van der Waals surface area (Å²) in [4.78, 5) is 27.9. The SMILES string of the molecule is C=C(OCCCC(=O)C(C)(CC(C)(C)C)C(C)(C)C(C)(C)CC(C)(C(=O)OCCCNCCC)C(C)(C)C)C(C)S. The van der Waals surface area contributed by atoms with E-state index in [4.69, 9.17) is 9.47 Å². The van der Waals surface area contributed by atoms with Crippen molar-refractivity contribution in [2.75, 3.05) is 26.3 Å². The van der Waals surface area contributed by atoms with Crippen LogP contribution in [-0.2, 0) is 19.1 Å². The van der Waals surface area contributed by atoms with Gasteiger partial charge in [-0.2, -0.15) is 12.6 Å². The normalized spacial score (nSPS) is 16.9. The molecule has 5 nitrogen and oxygen atoms in total. The highest BCUT2D eigenvalue weighted by atomic mass is 32.1. The second-order valence-corrected chi connectivity index (χ2v) is 16.9. The Morgan fingerprint density at radius 2 is 1.34 bits per heavy atom. The molecule has 0 aliphatic rings. The van der Waals surface area contributed by atoms with Crippen LogP contribution in [0.3, 0.4) is 0 Å². The Balaban J connectivity index is 6.12. The number of ketones is 1. The van der Waals surface area contributed by atoms with E-state index in [2.05, 4.69) is 115 Å². The number of thiol groups is 1. The second-order valence-electron chi connectivity index (χ2n) is 16.1. The molecule has 0 aromatic heterocycles. The lowest BCUT2D eigenvalue weighted by atomic mass is 9.46. The molecule has 0 aliphatic heterocycles. The van der Waals surface area contributed by atoms with Crippen LogP contribution in [0.4, 0.5) is 0 Å². The van der Waals surface area contributed by atoms with Crippen LogP contribution in [0.1, 0.15) is 135 Å². The maximum Gasteiger partial charge on any atom is 0.312 e. The summed E-state index contributed by atoms with van der Waals surface area (Å²) in [6, 6.07) is 0. The van der Waals surface area contributed by atoms with Gasteiger partial charge in [-0.3, -0.25) is 9.59 Å². The molecule has 0 saturated heterocycles. The Hall–Kier alpha value is -1.01. The first-order valence-electron chi connectivity index (χ1n) is 15.8. The average Bonchev–Trinajstić information content (AvgIpc) is 2.80. The van der Waals surface area contributed by atoms with E-state index in [0.717, 1.165) is 32.4 Å². The summed E-state index contributed by atoms with van der Waals surface area (Å²) < 4.78 is 11.6. The van der Waals surface area contributed by atoms with E-state index in [1.54, 1.807) is 0 Å². The molecule has 0 aliphatic carbocycles. The fraction of sp³-hybridized carbons (Fsp3) is 0.886. The van der Waals surface area contributed by atoms with Crippen LogP contribution < -0.4 is 5.32 Å². The van der Waals surface area contributed by atoms with Crippen molar-refractivity contribution in [1.82, 2.24) is 5.32 Å². The number of carbonyl (C=O) groups excluding carboxylic acids is 2. The molecular formula is C35H67NO4S. The molecule has 0 heterocycles. The minimum atomic E-state index is -0.728. The third-order valence-corrected chi connectivity index (χ3v) is 10.2. The molecule has 0 spiro atoms. The minimum Gasteiger partial charge on any atom is -0.497 e. The van der Waals surface area contributed by atoms with Crippen molar-refractivity contribution in [1.29, 1.82) is 0 Å². The predicted molar refractivity (Wildman–Crippen MR) is 178 cm³/mol. The van der Waals surface area contributed by atoms with Crippen molar-refractivity contribution < 1.29 is 19.1 Å². The van der Waals surface area contributed by atoms with Gasteiger partial charge in [0.1, 0.15) is 11.5 Å². The molecule has 6 heteroatoms. The first kappa shape index (κ1) is 40.0. The lowest BCUT2D eigenvalue weighted by molar-refractivity contribution is -0.171. The van der Waals surface area contributed by atoms with Gasteiger partial charge in [0.15, 0.2) is 0 Å². The Bertz CT molecular complexity index is 849. The van der Waals surface area contributed by atoms with Gasteiger partial charge in [-0.25, -0.2) is 0 Å². The zero-order valence-electron chi connectivity index (χ0n) is 29.4. The second kappa shape index (κ2) is 15.6. The van der Waals surface area contributed by atoms with Crippen LogP contribution in [0.2, 0.25) is 0 Å². The van der Waals surface area contributed by atoms with Crippen molar-refractivity contribution in [3.63, 3.8) is 0 Å². The predicted octanol–water partition coefficient (Wildman–Crippen LogP) is 9.05. The molecule has 3 atom stereocenters. The van der Waals surface area contributed by atoms with E-state index in [9.17, 15) is 9.59 Å². The molecule has 0 amide bonds. The molecule has 0 bridgehead atoms. The fourth-order valence-corrected chi connectivity index (χ4v) is 5.95. The van der Waals surface area contributed by atoms with Gasteiger partial charge in [0.05, 0.1) is 23.9 Å². The Kier molecular flexibility index (Phi) is 15.3. The highest BCUT2D eigenvalue weighted by molar-refractivity contribution is 7.81. The Labute approximate surface area is 260 Å². The van der Waals surface area contributed by atoms with E-state index < -0.39 is 16.2 Å². The van der Waals surface area contributed by atoms with Gasteiger partial charge in [0.25, 0.3) is 0 Å². The third kappa shape index (κ3) is 11.2. The highest BCUT2D eigenvalue weighted by Gasteiger charge is 2.59. The first-order chi connectivity index (χ1) is 18.4. The summed E-state index contributed by atoms with van der Waals surface area (Å²) in [7, 11) is 0. The molecule has 0 radical (unpaired) electrons. The summed E-state index contributed by atoms with van der Waals surface area (Å²) in [5, 5.41) is 3.33. The van der Waals surface area contributed by atoms with Gasteiger partial charge in [-0.15, -0.1) is 0 Å². The van der Waals surface area contributed by atoms with Crippen LogP contribution in [0.15, 0.2) is 12.3 Å². The topological polar surface area (TPSA) is 64.6 Å². The van der Waals surface area contributed by atoms with E-state index in [-0.39, 0.29) is 33.2 Å². The summed E-state index contributed by atoms with van der Waals surface area (Å²) in [5.41, 5.74) is -2.51. The standard InChI is InChI=1S/C35H67NO4S/c1-16-20-36-21-18-23-40-29(38)35(15,31(7,8)9)25-32(10,11)33(12,13)34(14,24-30(4,5)6)28(37)19-17-22-39-26(2)27(3)41/h27,36,41H,2,16-25H2,1,3-15H3. The monoisotopic (exact) mass is 597 g/mol. The molecule has 3 unspecified atom stereocenters. The van der Waals surface area contributed by atoms with E-state index in [0.29, 0.717) is 38.2 Å². The fourth-order valence-electron chi connectivity index (χ4n) is 5.88. The van der Waals surface area contributed by atoms with Crippen molar-refractivity contribution in [3.8, 4) is 0 Å². The average molecular weight is 598 g/mol. The number of Topliss-reactive ketones (excluding diaryl/α,β-unsaturated/α-hetero) is 1. The zero-order chi connectivity index (χ0) is 32.5. The maximum atomic E-state index is 14.2. The lowest BCUT2D eigenvalue weighted by Crippen LogP contribution is -2.55. The largest absolute Gasteiger partial charge is 0.497 e. The smallest absolute Gasteiger partial charge is 0.312 e. The quantitative estimate of drug-likeness (QED) is 0.0673. The molecule has 0 fully saturated rings. The molecule has 0 aromatic rings. The third-order valence-electron chi connectivity index (χ3n) is 9.93. The Morgan fingerprint density at radius 3 is 1.80 bits per heavy atom. The van der Waals surface area contributed by atoms with Crippen LogP contribution >= 0.6 is 12.6 Å². The molecule has 41 heavy (non-hydrogen) atoms. The number of ether oxygens (including phenoxy) is 2. The summed E-state index contributed by atoms with van der Waals surface area (Å²) in [6.07, 6.45) is 4.31. The van der Waals surface area contributed by atoms with Crippen LogP contribution in [0.5, 0.6) is 0 Å². The molecule has 0 rings (SSSR count). The van der Waals surface area contributed by atoms with Gasteiger partial charge in [0, 0.05) is 11.8 Å². The van der Waals surface area contributed by atoms with Gasteiger partial charge in [0.2, 0.25) is 0 Å². The molecule has 242 valence electrons. The molecule has 0 saturated carbocycles. The number of nitrogens with one attached hydrogen (secondary N) is 1. The van der Waals surface area contributed by atoms with Crippen molar-refractivity contribution in [2.45, 2.75) is 141 Å². The van der Waals surface area contributed by atoms with Gasteiger partial charge in [-0.05, 0) is 80.7 Å². The van der Waals surface area contributed by atoms with Crippen molar-refractivity contribution >= 4 is 24.4 Å². The van der Waals surface area contributed by atoms with Crippen LogP contribution in [0, 0.1) is 32.5 Å². The van der Waals surface area contributed by atoms with Gasteiger partial charge >= 0.3 is 5.97 Å². The van der Waals surface area contributed by atoms with Crippen LogP contribution in [-0.4, -0.2) is 43.3 Å². The number of hydrogen-bond donors (Lipinski definition) is 2. The van der Waals surface area contributed by atoms with E-state index >= 15 is 0 Å². The first-order valence-corrected chi connectivity index (χ1v) is 16.3. The van der Waals surface area contributed by atoms with Gasteiger partial charge < -0.3 is 14.8 Å². The zero-order valence-corrected chi connectivity index (χ0v) is 30.3. The van der Waals surface area contributed by atoms with Crippen molar-refractivity contribution in [3.05, 3.63) is 12.3 Å². The van der Waals surface area contributed by atoms with Crippen molar-refractivity contribution in [2.24, 2.45) is 32.5 Å². The van der Waals surface area contributed by atoms with Crippen LogP contribution in [0.25, 0.3) is 0 Å². The number of hydrogen-bond acceptors (Lipinski definition) is 6. The summed E-state index contributed by atoms with van der Waals surface area (Å²) in [5.74, 6) is 0.729. The van der Waals surface area contributed by atoms with Gasteiger partial charge in [-0.1, -0.05) is 89.7 Å². The lowest BCUT2D eigenvalue weighted by Gasteiger charge is -2.57. The van der Waals surface area contributed by atoms with E-state index in [1.807, 2.05) is 6.92 Å².